The molecule has 1 aliphatic rings. The molecule has 0 unspecified atom stereocenters. The van der Waals surface area contributed by atoms with Crippen LogP contribution in [-0.4, -0.2) is 32.8 Å². The fourth-order valence-corrected chi connectivity index (χ4v) is 2.83. The van der Waals surface area contributed by atoms with Gasteiger partial charge in [-0.25, -0.2) is 9.59 Å². The van der Waals surface area contributed by atoms with Crippen LogP contribution < -0.4 is 10.6 Å². The summed E-state index contributed by atoms with van der Waals surface area (Å²) in [5, 5.41) is 23.1. The molecule has 0 atom stereocenters. The highest BCUT2D eigenvalue weighted by Gasteiger charge is 2.41. The van der Waals surface area contributed by atoms with Crippen LogP contribution in [0.15, 0.2) is 0 Å². The van der Waals surface area contributed by atoms with Gasteiger partial charge in [0, 0.05) is 0 Å². The van der Waals surface area contributed by atoms with Crippen LogP contribution in [0.5, 0.6) is 0 Å². The molecule has 1 fully saturated rings. The van der Waals surface area contributed by atoms with E-state index < -0.39 is 17.5 Å². The first-order chi connectivity index (χ1) is 9.02. The second-order valence-corrected chi connectivity index (χ2v) is 5.83. The lowest BCUT2D eigenvalue weighted by Gasteiger charge is -2.33. The predicted molar refractivity (Wildman–Crippen MR) is 70.3 cm³/mol. The number of carboxylic acid groups (broad SMARTS) is 1. The normalized spacial score (nSPS) is 17.7. The Balaban J connectivity index is 2.01. The van der Waals surface area contributed by atoms with E-state index in [2.05, 4.69) is 20.8 Å². The van der Waals surface area contributed by atoms with Crippen molar-refractivity contribution in [2.75, 3.05) is 5.32 Å². The highest BCUT2D eigenvalue weighted by molar-refractivity contribution is 7.15. The van der Waals surface area contributed by atoms with Crippen molar-refractivity contribution in [1.29, 1.82) is 0 Å². The molecule has 3 N–H and O–H groups in total. The summed E-state index contributed by atoms with van der Waals surface area (Å²) in [6.45, 7) is 1.78. The molecule has 0 aliphatic heterocycles. The van der Waals surface area contributed by atoms with Gasteiger partial charge in [-0.3, -0.25) is 5.32 Å². The lowest BCUT2D eigenvalue weighted by molar-refractivity contribution is -0.145. The summed E-state index contributed by atoms with van der Waals surface area (Å²) in [6, 6.07) is -0.541. The van der Waals surface area contributed by atoms with Gasteiger partial charge in [-0.05, 0) is 19.8 Å². The van der Waals surface area contributed by atoms with Crippen LogP contribution in [0.1, 0.15) is 37.1 Å². The lowest BCUT2D eigenvalue weighted by Crippen LogP contribution is -2.56. The fraction of sp³-hybridized carbons (Fsp3) is 0.636. The molecule has 1 heterocycles. The van der Waals surface area contributed by atoms with E-state index in [9.17, 15) is 14.7 Å². The summed E-state index contributed by atoms with van der Waals surface area (Å²) in [5.74, 6) is -0.976. The largest absolute Gasteiger partial charge is 0.480 e. The average molecular weight is 284 g/mol. The van der Waals surface area contributed by atoms with Gasteiger partial charge in [0.25, 0.3) is 0 Å². The van der Waals surface area contributed by atoms with E-state index in [4.69, 9.17) is 0 Å². The van der Waals surface area contributed by atoms with Crippen LogP contribution in [0, 0.1) is 6.92 Å². The summed E-state index contributed by atoms with van der Waals surface area (Å²) in [7, 11) is 0. The number of urea groups is 1. The standard InChI is InChI=1S/C11H16N4O3S/c1-7-14-15-10(19-7)12-9(18)13-11(8(16)17)5-3-2-4-6-11/h2-6H2,1H3,(H,16,17)(H2,12,13,15,18). The third-order valence-electron chi connectivity index (χ3n) is 3.22. The molecule has 2 amide bonds. The van der Waals surface area contributed by atoms with Crippen molar-refractivity contribution in [3.8, 4) is 0 Å². The van der Waals surface area contributed by atoms with Crippen molar-refractivity contribution in [3.63, 3.8) is 0 Å². The minimum atomic E-state index is -1.15. The van der Waals surface area contributed by atoms with Gasteiger partial charge in [-0.1, -0.05) is 30.6 Å². The van der Waals surface area contributed by atoms with Crippen molar-refractivity contribution >= 4 is 28.5 Å². The third-order valence-corrected chi connectivity index (χ3v) is 3.97. The van der Waals surface area contributed by atoms with E-state index in [1.54, 1.807) is 6.92 Å². The molecule has 1 aromatic heterocycles. The number of anilines is 1. The first-order valence-corrected chi connectivity index (χ1v) is 6.96. The molecule has 0 saturated heterocycles. The van der Waals surface area contributed by atoms with Gasteiger partial charge in [0.05, 0.1) is 0 Å². The smallest absolute Gasteiger partial charge is 0.329 e. The van der Waals surface area contributed by atoms with Crippen LogP contribution >= 0.6 is 11.3 Å². The van der Waals surface area contributed by atoms with E-state index in [0.29, 0.717) is 18.0 Å². The maximum Gasteiger partial charge on any atom is 0.329 e. The molecule has 0 bridgehead atoms. The van der Waals surface area contributed by atoms with Crippen molar-refractivity contribution in [1.82, 2.24) is 15.5 Å². The lowest BCUT2D eigenvalue weighted by atomic mass is 9.82. The number of hydrogen-bond donors (Lipinski definition) is 3. The topological polar surface area (TPSA) is 104 Å². The monoisotopic (exact) mass is 284 g/mol. The second-order valence-electron chi connectivity index (χ2n) is 4.65. The van der Waals surface area contributed by atoms with Gasteiger partial charge in [-0.15, -0.1) is 10.2 Å². The average Bonchev–Trinajstić information content (AvgIpc) is 2.75. The van der Waals surface area contributed by atoms with Crippen LogP contribution in [0.3, 0.4) is 0 Å². The van der Waals surface area contributed by atoms with E-state index in [1.807, 2.05) is 0 Å². The molecule has 104 valence electrons. The number of amides is 2. The number of nitrogens with zero attached hydrogens (tertiary/aromatic N) is 2. The Hall–Kier alpha value is -1.70. The summed E-state index contributed by atoms with van der Waals surface area (Å²) in [4.78, 5) is 23.3. The quantitative estimate of drug-likeness (QED) is 0.784. The minimum Gasteiger partial charge on any atom is -0.480 e. The van der Waals surface area contributed by atoms with Gasteiger partial charge in [0.15, 0.2) is 0 Å². The summed E-state index contributed by atoms with van der Waals surface area (Å²) >= 11 is 1.24. The molecule has 0 aromatic carbocycles. The van der Waals surface area contributed by atoms with Crippen molar-refractivity contribution in [2.45, 2.75) is 44.6 Å². The molecule has 0 spiro atoms. The highest BCUT2D eigenvalue weighted by Crippen LogP contribution is 2.28. The van der Waals surface area contributed by atoms with E-state index in [1.165, 1.54) is 11.3 Å². The molecule has 1 saturated carbocycles. The second kappa shape index (κ2) is 5.52. The van der Waals surface area contributed by atoms with Gasteiger partial charge in [0.2, 0.25) is 5.13 Å². The number of aromatic nitrogens is 2. The van der Waals surface area contributed by atoms with E-state index in [-0.39, 0.29) is 0 Å². The summed E-state index contributed by atoms with van der Waals surface area (Å²) < 4.78 is 0. The molecule has 2 rings (SSSR count). The number of carboxylic acids is 1. The van der Waals surface area contributed by atoms with Gasteiger partial charge >= 0.3 is 12.0 Å². The predicted octanol–water partition coefficient (Wildman–Crippen LogP) is 1.76. The molecule has 7 nitrogen and oxygen atoms in total. The first kappa shape index (κ1) is 13.7. The number of aryl methyl sites for hydroxylation is 1. The van der Waals surface area contributed by atoms with Crippen LogP contribution in [-0.2, 0) is 4.79 Å². The fourth-order valence-electron chi connectivity index (χ4n) is 2.24. The molecular weight excluding hydrogens is 268 g/mol. The van der Waals surface area contributed by atoms with E-state index >= 15 is 0 Å². The first-order valence-electron chi connectivity index (χ1n) is 6.14. The highest BCUT2D eigenvalue weighted by atomic mass is 32.1. The maximum absolute atomic E-state index is 11.9. The Morgan fingerprint density at radius 1 is 1.26 bits per heavy atom. The van der Waals surface area contributed by atoms with Crippen molar-refractivity contribution in [3.05, 3.63) is 5.01 Å². The molecule has 1 aromatic rings. The molecule has 8 heteroatoms. The molecule has 1 aliphatic carbocycles. The van der Waals surface area contributed by atoms with Gasteiger partial charge in [-0.2, -0.15) is 0 Å². The molecule has 19 heavy (non-hydrogen) atoms. The SMILES string of the molecule is Cc1nnc(NC(=O)NC2(C(=O)O)CCCCC2)s1. The number of hydrogen-bond acceptors (Lipinski definition) is 5. The third kappa shape index (κ3) is 3.19. The number of nitrogens with one attached hydrogen (secondary N) is 2. The van der Waals surface area contributed by atoms with Crippen molar-refractivity contribution < 1.29 is 14.7 Å². The Kier molecular flexibility index (Phi) is 3.98. The number of carbonyl (C=O) groups excluding carboxylic acids is 1. The van der Waals surface area contributed by atoms with Crippen LogP contribution in [0.25, 0.3) is 0 Å². The van der Waals surface area contributed by atoms with E-state index in [0.717, 1.165) is 24.3 Å². The van der Waals surface area contributed by atoms with Gasteiger partial charge in [0.1, 0.15) is 10.5 Å². The zero-order valence-corrected chi connectivity index (χ0v) is 11.4. The molecular formula is C11H16N4O3S. The summed E-state index contributed by atoms with van der Waals surface area (Å²) in [5.41, 5.74) is -1.15. The maximum atomic E-state index is 11.9. The number of aliphatic carboxylic acids is 1. The van der Waals surface area contributed by atoms with Crippen LogP contribution in [0.2, 0.25) is 0 Å². The zero-order valence-electron chi connectivity index (χ0n) is 10.6. The van der Waals surface area contributed by atoms with Crippen LogP contribution in [0.4, 0.5) is 9.93 Å². The summed E-state index contributed by atoms with van der Waals surface area (Å²) in [6.07, 6.45) is 3.55. The number of carbonyl (C=O) groups is 2. The minimum absolute atomic E-state index is 0.367. The Labute approximate surface area is 114 Å². The Bertz CT molecular complexity index is 482. The Morgan fingerprint density at radius 2 is 1.95 bits per heavy atom. The van der Waals surface area contributed by atoms with Crippen molar-refractivity contribution in [2.24, 2.45) is 0 Å². The number of rotatable bonds is 3. The zero-order chi connectivity index (χ0) is 13.9. The molecule has 0 radical (unpaired) electrons. The van der Waals surface area contributed by atoms with Gasteiger partial charge < -0.3 is 10.4 Å². The Morgan fingerprint density at radius 3 is 2.47 bits per heavy atom.